The molecular formula is C15H32N2O4Si. The monoisotopic (exact) mass is 332 g/mol. The van der Waals surface area contributed by atoms with Crippen LogP contribution < -0.4 is 0 Å². The lowest BCUT2D eigenvalue weighted by atomic mass is 10.3. The predicted molar refractivity (Wildman–Crippen MR) is 88.0 cm³/mol. The molecule has 2 aliphatic heterocycles. The Bertz CT molecular complexity index is 335. The molecule has 130 valence electrons. The van der Waals surface area contributed by atoms with Crippen molar-refractivity contribution in [2.24, 2.45) is 0 Å². The molecular weight excluding hydrogens is 300 g/mol. The van der Waals surface area contributed by atoms with Gasteiger partial charge in [0.25, 0.3) is 0 Å². The summed E-state index contributed by atoms with van der Waals surface area (Å²) in [6.45, 7) is 10.1. The molecule has 0 radical (unpaired) electrons. The van der Waals surface area contributed by atoms with Crippen LogP contribution >= 0.6 is 0 Å². The van der Waals surface area contributed by atoms with Crippen LogP contribution in [0, 0.1) is 0 Å². The number of hydrogen-bond donors (Lipinski definition) is 0. The Balaban J connectivity index is 2.06. The van der Waals surface area contributed by atoms with Crippen molar-refractivity contribution in [2.75, 3.05) is 60.1 Å². The number of fused-ring (bicyclic) bond motifs is 2. The fourth-order valence-corrected chi connectivity index (χ4v) is 6.01. The maximum Gasteiger partial charge on any atom is 0.501 e. The van der Waals surface area contributed by atoms with Gasteiger partial charge in [-0.05, 0) is 34.4 Å². The summed E-state index contributed by atoms with van der Waals surface area (Å²) in [6, 6.07) is 0.860. The molecule has 2 bridgehead atoms. The van der Waals surface area contributed by atoms with Gasteiger partial charge in [-0.1, -0.05) is 0 Å². The van der Waals surface area contributed by atoms with Crippen molar-refractivity contribution in [2.45, 2.75) is 38.5 Å². The number of nitrogens with zero attached hydrogens (tertiary/aromatic N) is 2. The van der Waals surface area contributed by atoms with E-state index in [2.05, 4.69) is 30.8 Å². The molecule has 22 heavy (non-hydrogen) atoms. The van der Waals surface area contributed by atoms with E-state index in [4.69, 9.17) is 18.0 Å². The predicted octanol–water partition coefficient (Wildman–Crippen LogP) is 1.05. The number of rotatable bonds is 5. The molecule has 2 aliphatic rings. The first-order valence-corrected chi connectivity index (χ1v) is 10.4. The second kappa shape index (κ2) is 8.72. The third kappa shape index (κ3) is 5.56. The van der Waals surface area contributed by atoms with Crippen molar-refractivity contribution in [3.63, 3.8) is 0 Å². The minimum absolute atomic E-state index is 0.0492. The lowest BCUT2D eigenvalue weighted by Gasteiger charge is -2.42. The minimum atomic E-state index is -2.55. The molecule has 0 N–H and O–H groups in total. The van der Waals surface area contributed by atoms with E-state index in [9.17, 15) is 0 Å². The molecule has 0 aromatic rings. The zero-order valence-electron chi connectivity index (χ0n) is 14.5. The van der Waals surface area contributed by atoms with E-state index in [1.807, 2.05) is 6.92 Å². The van der Waals surface area contributed by atoms with Crippen LogP contribution in [0.5, 0.6) is 0 Å². The Morgan fingerprint density at radius 2 is 2.09 bits per heavy atom. The smallest absolute Gasteiger partial charge is 0.379 e. The van der Waals surface area contributed by atoms with Gasteiger partial charge in [-0.15, -0.1) is 0 Å². The van der Waals surface area contributed by atoms with Gasteiger partial charge >= 0.3 is 8.80 Å². The molecule has 0 aliphatic carbocycles. The van der Waals surface area contributed by atoms with E-state index < -0.39 is 8.80 Å². The van der Waals surface area contributed by atoms with Crippen molar-refractivity contribution in [1.82, 2.24) is 9.80 Å². The van der Waals surface area contributed by atoms with Crippen molar-refractivity contribution >= 4 is 8.80 Å². The summed E-state index contributed by atoms with van der Waals surface area (Å²) in [5, 5.41) is 0. The third-order valence-corrected chi connectivity index (χ3v) is 7.16. The number of likely N-dealkylation sites (N-methyl/N-ethyl adjacent to an activating group) is 1. The minimum Gasteiger partial charge on any atom is -0.379 e. The van der Waals surface area contributed by atoms with Crippen LogP contribution in [0.25, 0.3) is 0 Å². The Hall–Kier alpha value is -0.0231. The van der Waals surface area contributed by atoms with Gasteiger partial charge in [0.05, 0.1) is 18.8 Å². The molecule has 7 heteroatoms. The van der Waals surface area contributed by atoms with Gasteiger partial charge < -0.3 is 22.9 Å². The standard InChI is InChI=1S/C15H32N2O4Si/c1-5-19-22-10-6-9-18-13-15(21-22)12-17(8-7-16(3)4)11-14(2)20-22/h14-15H,5-13H2,1-4H3. The lowest BCUT2D eigenvalue weighted by Crippen LogP contribution is -2.58. The van der Waals surface area contributed by atoms with E-state index in [-0.39, 0.29) is 12.2 Å². The van der Waals surface area contributed by atoms with Gasteiger partial charge in [-0.3, -0.25) is 4.90 Å². The fourth-order valence-electron chi connectivity index (χ4n) is 3.08. The Labute approximate surface area is 136 Å². The zero-order valence-corrected chi connectivity index (χ0v) is 15.5. The molecule has 2 rings (SSSR count). The highest BCUT2D eigenvalue weighted by Gasteiger charge is 2.46. The van der Waals surface area contributed by atoms with E-state index in [1.165, 1.54) is 0 Å². The van der Waals surface area contributed by atoms with Crippen LogP contribution in [0.2, 0.25) is 6.04 Å². The molecule has 2 saturated heterocycles. The SMILES string of the molecule is CCO[Si]12CCCOCC(CN(CCN(C)C)CC(C)O1)O2. The van der Waals surface area contributed by atoms with Crippen molar-refractivity contribution in [1.29, 1.82) is 0 Å². The van der Waals surface area contributed by atoms with Crippen LogP contribution in [0.4, 0.5) is 0 Å². The maximum absolute atomic E-state index is 6.38. The highest BCUT2D eigenvalue weighted by Crippen LogP contribution is 2.26. The van der Waals surface area contributed by atoms with E-state index in [1.54, 1.807) is 0 Å². The summed E-state index contributed by atoms with van der Waals surface area (Å²) in [4.78, 5) is 4.63. The fraction of sp³-hybridized carbons (Fsp3) is 1.00. The van der Waals surface area contributed by atoms with Gasteiger partial charge in [-0.25, -0.2) is 0 Å². The zero-order chi connectivity index (χ0) is 16.0. The molecule has 2 fully saturated rings. The van der Waals surface area contributed by atoms with Crippen LogP contribution in [0.3, 0.4) is 0 Å². The quantitative estimate of drug-likeness (QED) is 0.701. The highest BCUT2D eigenvalue weighted by molar-refractivity contribution is 6.60. The van der Waals surface area contributed by atoms with Crippen LogP contribution in [0.15, 0.2) is 0 Å². The molecule has 2 heterocycles. The van der Waals surface area contributed by atoms with Crippen molar-refractivity contribution < 1.29 is 18.0 Å². The summed E-state index contributed by atoms with van der Waals surface area (Å²) < 4.78 is 24.5. The maximum atomic E-state index is 6.38. The molecule has 6 nitrogen and oxygen atoms in total. The average Bonchev–Trinajstić information content (AvgIpc) is 2.39. The van der Waals surface area contributed by atoms with Gasteiger partial charge in [-0.2, -0.15) is 0 Å². The Morgan fingerprint density at radius 1 is 1.27 bits per heavy atom. The Morgan fingerprint density at radius 3 is 2.82 bits per heavy atom. The average molecular weight is 333 g/mol. The molecule has 0 aromatic heterocycles. The van der Waals surface area contributed by atoms with Gasteiger partial charge in [0, 0.05) is 45.4 Å². The van der Waals surface area contributed by atoms with Crippen LogP contribution in [-0.2, 0) is 18.0 Å². The van der Waals surface area contributed by atoms with Gasteiger partial charge in [0.2, 0.25) is 0 Å². The number of ether oxygens (including phenoxy) is 1. The van der Waals surface area contributed by atoms with E-state index in [0.29, 0.717) is 13.2 Å². The topological polar surface area (TPSA) is 43.4 Å². The van der Waals surface area contributed by atoms with Crippen LogP contribution in [0.1, 0.15) is 20.3 Å². The summed E-state index contributed by atoms with van der Waals surface area (Å²) in [7, 11) is 1.65. The molecule has 0 amide bonds. The van der Waals surface area contributed by atoms with E-state index >= 15 is 0 Å². The third-order valence-electron chi connectivity index (χ3n) is 4.01. The first-order valence-electron chi connectivity index (χ1n) is 8.47. The normalized spacial score (nSPS) is 34.8. The summed E-state index contributed by atoms with van der Waals surface area (Å²) in [6.07, 6.45) is 1.14. The molecule has 0 saturated carbocycles. The summed E-state index contributed by atoms with van der Waals surface area (Å²) in [5.74, 6) is 0. The second-order valence-corrected chi connectivity index (χ2v) is 9.15. The summed E-state index contributed by atoms with van der Waals surface area (Å²) in [5.41, 5.74) is 0. The first kappa shape index (κ1) is 18.3. The molecule has 3 atom stereocenters. The molecule has 0 aromatic carbocycles. The van der Waals surface area contributed by atoms with Crippen LogP contribution in [-0.4, -0.2) is 90.9 Å². The van der Waals surface area contributed by atoms with Crippen molar-refractivity contribution in [3.05, 3.63) is 0 Å². The van der Waals surface area contributed by atoms with E-state index in [0.717, 1.165) is 45.3 Å². The lowest BCUT2D eigenvalue weighted by molar-refractivity contribution is -0.0702. The summed E-state index contributed by atoms with van der Waals surface area (Å²) >= 11 is 0. The van der Waals surface area contributed by atoms with Gasteiger partial charge in [0.15, 0.2) is 0 Å². The largest absolute Gasteiger partial charge is 0.501 e. The number of hydrogen-bond acceptors (Lipinski definition) is 6. The second-order valence-electron chi connectivity index (χ2n) is 6.53. The molecule has 3 unspecified atom stereocenters. The Kier molecular flexibility index (Phi) is 7.26. The van der Waals surface area contributed by atoms with Gasteiger partial charge in [0.1, 0.15) is 0 Å². The molecule has 0 spiro atoms. The van der Waals surface area contributed by atoms with Crippen molar-refractivity contribution in [3.8, 4) is 0 Å². The first-order chi connectivity index (χ1) is 10.5. The highest BCUT2D eigenvalue weighted by atomic mass is 28.4.